The quantitative estimate of drug-likeness (QED) is 0.233. The summed E-state index contributed by atoms with van der Waals surface area (Å²) in [5, 5.41) is 25.5. The van der Waals surface area contributed by atoms with E-state index in [1.165, 1.54) is 19.0 Å². The number of anilines is 2. The first-order valence-electron chi connectivity index (χ1n) is 12.9. The summed E-state index contributed by atoms with van der Waals surface area (Å²) in [6, 6.07) is 0.377. The Labute approximate surface area is 231 Å². The summed E-state index contributed by atoms with van der Waals surface area (Å²) < 4.78 is 0. The molecular weight excluding hydrogens is 522 g/mol. The number of fused-ring (bicyclic) bond motifs is 3. The topological polar surface area (TPSA) is 191 Å². The molecule has 4 rings (SSSR count). The minimum atomic E-state index is -2.80. The van der Waals surface area contributed by atoms with Gasteiger partial charge >= 0.3 is 0 Å². The zero-order valence-corrected chi connectivity index (χ0v) is 23.3. The number of nitrogens with two attached hydrogens (primary N) is 1. The van der Waals surface area contributed by atoms with E-state index in [0.29, 0.717) is 11.3 Å². The Morgan fingerprint density at radius 1 is 1.07 bits per heavy atom. The average Bonchev–Trinajstić information content (AvgIpc) is 2.81. The highest BCUT2D eigenvalue weighted by Gasteiger charge is 2.69. The van der Waals surface area contributed by atoms with Crippen molar-refractivity contribution in [3.8, 4) is 5.75 Å². The van der Waals surface area contributed by atoms with Crippen LogP contribution < -0.4 is 16.0 Å². The lowest BCUT2D eigenvalue weighted by Gasteiger charge is -2.52. The highest BCUT2D eigenvalue weighted by molar-refractivity contribution is 6.32. The number of amides is 2. The Bertz CT molecular complexity index is 1340. The van der Waals surface area contributed by atoms with E-state index in [9.17, 15) is 39.0 Å². The molecule has 0 aliphatic heterocycles. The number of primary amides is 1. The number of benzene rings is 1. The number of phenolic OH excluding ortho intramolecular Hbond substituents is 1. The lowest BCUT2D eigenvalue weighted by atomic mass is 9.52. The van der Waals surface area contributed by atoms with Crippen molar-refractivity contribution >= 4 is 46.3 Å². The molecule has 216 valence electrons. The van der Waals surface area contributed by atoms with Gasteiger partial charge in [-0.15, -0.1) is 0 Å². The third-order valence-electron chi connectivity index (χ3n) is 8.25. The normalized spacial score (nSPS) is 29.7. The van der Waals surface area contributed by atoms with Crippen LogP contribution in [0.5, 0.6) is 5.75 Å². The van der Waals surface area contributed by atoms with E-state index in [4.69, 9.17) is 5.73 Å². The van der Waals surface area contributed by atoms with Gasteiger partial charge in [-0.3, -0.25) is 33.7 Å². The van der Waals surface area contributed by atoms with Gasteiger partial charge in [-0.25, -0.2) is 0 Å². The number of hydrogen-bond acceptors (Lipinski definition) is 11. The van der Waals surface area contributed by atoms with Crippen LogP contribution in [0.25, 0.3) is 0 Å². The highest BCUT2D eigenvalue weighted by atomic mass is 16.3. The number of Topliss-reactive ketones (excluding diaryl/α,β-unsaturated/α-hetero) is 4. The van der Waals surface area contributed by atoms with Gasteiger partial charge in [0.05, 0.1) is 29.8 Å². The summed E-state index contributed by atoms with van der Waals surface area (Å²) in [5.74, 6) is -11.7. The van der Waals surface area contributed by atoms with Crippen LogP contribution in [0.15, 0.2) is 6.07 Å². The van der Waals surface area contributed by atoms with Crippen LogP contribution in [-0.2, 0) is 30.4 Å². The molecule has 3 aliphatic rings. The second-order valence-corrected chi connectivity index (χ2v) is 11.6. The molecule has 0 aromatic heterocycles. The summed E-state index contributed by atoms with van der Waals surface area (Å²) in [4.78, 5) is 83.9. The van der Waals surface area contributed by atoms with E-state index in [-0.39, 0.29) is 30.6 Å². The van der Waals surface area contributed by atoms with E-state index >= 15 is 0 Å². The van der Waals surface area contributed by atoms with Crippen molar-refractivity contribution in [2.24, 2.45) is 29.4 Å². The number of rotatable bonds is 6. The van der Waals surface area contributed by atoms with Crippen molar-refractivity contribution in [3.05, 3.63) is 17.2 Å². The SMILES string of the molecule is CN(C)CC(=O)Nc1cc(N(C)C)c2c(c1O)C(=O)C1C(=O)[C@]3(O)C(=O)C(C(N)=O)C(=O)[C@@H](N(C)C)C3CC1C2. The first kappa shape index (κ1) is 29.3. The molecule has 0 heterocycles. The van der Waals surface area contributed by atoms with Crippen molar-refractivity contribution in [2.45, 2.75) is 24.5 Å². The van der Waals surface area contributed by atoms with Crippen LogP contribution in [0.4, 0.5) is 11.4 Å². The molecule has 40 heavy (non-hydrogen) atoms. The van der Waals surface area contributed by atoms with Gasteiger partial charge in [0.25, 0.3) is 0 Å². The molecule has 2 fully saturated rings. The van der Waals surface area contributed by atoms with Crippen LogP contribution >= 0.6 is 0 Å². The number of carbonyl (C=O) groups excluding carboxylic acids is 6. The summed E-state index contributed by atoms with van der Waals surface area (Å²) in [6.45, 7) is 0.00821. The van der Waals surface area contributed by atoms with Crippen molar-refractivity contribution in [1.82, 2.24) is 9.80 Å². The minimum Gasteiger partial charge on any atom is -0.505 e. The highest BCUT2D eigenvalue weighted by Crippen LogP contribution is 2.52. The van der Waals surface area contributed by atoms with Crippen LogP contribution in [0.3, 0.4) is 0 Å². The molecule has 5 N–H and O–H groups in total. The molecular formula is C27H35N5O8. The molecule has 13 nitrogen and oxygen atoms in total. The molecule has 1 aromatic rings. The molecule has 0 bridgehead atoms. The molecule has 4 unspecified atom stereocenters. The predicted octanol–water partition coefficient (Wildman–Crippen LogP) is -1.57. The third-order valence-corrected chi connectivity index (χ3v) is 8.25. The Morgan fingerprint density at radius 3 is 2.23 bits per heavy atom. The molecule has 0 saturated heterocycles. The predicted molar refractivity (Wildman–Crippen MR) is 143 cm³/mol. The number of phenols is 1. The summed E-state index contributed by atoms with van der Waals surface area (Å²) in [6.07, 6.45) is 0.0810. The van der Waals surface area contributed by atoms with Crippen LogP contribution in [0, 0.1) is 23.7 Å². The molecule has 0 spiro atoms. The second kappa shape index (κ2) is 10.1. The van der Waals surface area contributed by atoms with Gasteiger partial charge in [-0.2, -0.15) is 0 Å². The monoisotopic (exact) mass is 557 g/mol. The van der Waals surface area contributed by atoms with Gasteiger partial charge < -0.3 is 31.1 Å². The standard InChI is InChI=1S/C27H35N5O8/c1-30(2)10-16(33)29-14-9-15(31(3)4)12-7-11-8-13-20(32(5)6)23(36)19(26(28)39)25(38)27(13,40)24(37)17(11)22(35)18(12)21(14)34/h9,11,13,17,19-20,34,40H,7-8,10H2,1-6H3,(H2,28,39)(H,29,33)/t11?,13?,17?,19?,20-,27-/m0/s1. The van der Waals surface area contributed by atoms with E-state index < -0.39 is 76.0 Å². The number of hydrogen-bond donors (Lipinski definition) is 4. The number of carbonyl (C=O) groups is 6. The molecule has 13 heteroatoms. The fourth-order valence-electron chi connectivity index (χ4n) is 6.62. The van der Waals surface area contributed by atoms with E-state index in [0.717, 1.165) is 0 Å². The number of nitrogens with one attached hydrogen (secondary N) is 1. The van der Waals surface area contributed by atoms with Gasteiger partial charge in [0, 0.05) is 25.7 Å². The van der Waals surface area contributed by atoms with Gasteiger partial charge in [0.1, 0.15) is 5.75 Å². The Hall–Kier alpha value is -3.68. The maximum absolute atomic E-state index is 14.0. The number of likely N-dealkylation sites (N-methyl/N-ethyl adjacent to an activating group) is 2. The van der Waals surface area contributed by atoms with E-state index in [1.54, 1.807) is 44.1 Å². The first-order chi connectivity index (χ1) is 18.5. The maximum Gasteiger partial charge on any atom is 0.238 e. The van der Waals surface area contributed by atoms with Gasteiger partial charge in [-0.1, -0.05) is 0 Å². The fourth-order valence-corrected chi connectivity index (χ4v) is 6.62. The van der Waals surface area contributed by atoms with E-state index in [1.807, 2.05) is 0 Å². The van der Waals surface area contributed by atoms with Crippen LogP contribution in [-0.4, -0.2) is 115 Å². The largest absolute Gasteiger partial charge is 0.505 e. The molecule has 2 amide bonds. The van der Waals surface area contributed by atoms with Crippen molar-refractivity contribution in [1.29, 1.82) is 0 Å². The molecule has 0 radical (unpaired) electrons. The lowest BCUT2D eigenvalue weighted by Crippen LogP contribution is -2.74. The number of ketones is 4. The smallest absolute Gasteiger partial charge is 0.238 e. The van der Waals surface area contributed by atoms with Crippen LogP contribution in [0.1, 0.15) is 22.3 Å². The Morgan fingerprint density at radius 2 is 1.70 bits per heavy atom. The summed E-state index contributed by atoms with van der Waals surface area (Å²) in [7, 11) is 9.90. The van der Waals surface area contributed by atoms with Gasteiger partial charge in [0.15, 0.2) is 34.7 Å². The third kappa shape index (κ3) is 4.28. The summed E-state index contributed by atoms with van der Waals surface area (Å²) in [5.41, 5.74) is 3.32. The number of aromatic hydroxyl groups is 1. The van der Waals surface area contributed by atoms with Crippen LogP contribution in [0.2, 0.25) is 0 Å². The van der Waals surface area contributed by atoms with Crippen molar-refractivity contribution < 1.29 is 39.0 Å². The molecule has 3 aliphatic carbocycles. The average molecular weight is 558 g/mol. The first-order valence-corrected chi connectivity index (χ1v) is 12.9. The second-order valence-electron chi connectivity index (χ2n) is 11.6. The summed E-state index contributed by atoms with van der Waals surface area (Å²) >= 11 is 0. The molecule has 2 saturated carbocycles. The number of aliphatic hydroxyl groups is 1. The fraction of sp³-hybridized carbons (Fsp3) is 0.556. The maximum atomic E-state index is 14.0. The van der Waals surface area contributed by atoms with Gasteiger partial charge in [-0.05, 0) is 58.6 Å². The number of nitrogens with zero attached hydrogens (tertiary/aromatic N) is 3. The molecule has 1 aromatic carbocycles. The van der Waals surface area contributed by atoms with Gasteiger partial charge in [0.2, 0.25) is 11.8 Å². The molecule has 6 atom stereocenters. The van der Waals surface area contributed by atoms with Crippen molar-refractivity contribution in [2.75, 3.05) is 59.0 Å². The zero-order chi connectivity index (χ0) is 30.0. The van der Waals surface area contributed by atoms with E-state index in [2.05, 4.69) is 5.32 Å². The Balaban J connectivity index is 1.86. The Kier molecular flexibility index (Phi) is 7.37. The van der Waals surface area contributed by atoms with Crippen molar-refractivity contribution in [3.63, 3.8) is 0 Å². The minimum absolute atomic E-state index is 0.00821. The zero-order valence-electron chi connectivity index (χ0n) is 23.3. The lowest BCUT2D eigenvalue weighted by molar-refractivity contribution is -0.181.